The second kappa shape index (κ2) is 24.7. The third-order valence-corrected chi connectivity index (χ3v) is 9.77. The molecule has 0 aromatic heterocycles. The number of aryl methyl sites for hydroxylation is 5. The molecular formula is C54H55N3O5. The summed E-state index contributed by atoms with van der Waals surface area (Å²) in [5.74, 6) is -0.297. The standard InChI is InChI=1S/C22H21NO3.2C16H17NO/c1-2-26-22(25)18-10-12-20(13-11-18)23-21(24)14-8-16-7-9-17-5-3-4-6-19(17)15-16;2*1-13-7-10-15(11-8-13)17-16(18)12-9-14-5-3-2-4-6-14/h3-7,9-13,15H,2,8,14H2,1H3,(H,23,24);2*2-8,10-11H,9,12H2,1H3,(H,17,18). The lowest BCUT2D eigenvalue weighted by atomic mass is 10.0. The van der Waals surface area contributed by atoms with Crippen molar-refractivity contribution in [3.8, 4) is 0 Å². The van der Waals surface area contributed by atoms with Gasteiger partial charge in [-0.05, 0) is 116 Å². The molecule has 3 amide bonds. The molecule has 0 atom stereocenters. The van der Waals surface area contributed by atoms with Crippen LogP contribution in [0.5, 0.6) is 0 Å². The predicted octanol–water partition coefficient (Wildman–Crippen LogP) is 11.7. The highest BCUT2D eigenvalue weighted by molar-refractivity contribution is 5.94. The van der Waals surface area contributed by atoms with Crippen molar-refractivity contribution >= 4 is 51.5 Å². The Morgan fingerprint density at radius 2 is 0.806 bits per heavy atom. The second-order valence-corrected chi connectivity index (χ2v) is 14.8. The molecule has 0 unspecified atom stereocenters. The summed E-state index contributed by atoms with van der Waals surface area (Å²) >= 11 is 0. The fraction of sp³-hybridized carbons (Fsp3) is 0.185. The number of esters is 1. The first kappa shape index (κ1) is 45.8. The minimum absolute atomic E-state index is 0.0537. The maximum Gasteiger partial charge on any atom is 0.338 e. The van der Waals surface area contributed by atoms with Crippen molar-refractivity contribution in [1.29, 1.82) is 0 Å². The molecule has 0 aliphatic carbocycles. The van der Waals surface area contributed by atoms with Crippen molar-refractivity contribution in [2.24, 2.45) is 0 Å². The van der Waals surface area contributed by atoms with Gasteiger partial charge in [0.2, 0.25) is 17.7 Å². The highest BCUT2D eigenvalue weighted by Crippen LogP contribution is 2.18. The topological polar surface area (TPSA) is 114 Å². The van der Waals surface area contributed by atoms with Gasteiger partial charge in [-0.1, -0.05) is 139 Å². The number of rotatable bonds is 14. The lowest BCUT2D eigenvalue weighted by Gasteiger charge is -2.07. The Morgan fingerprint density at radius 1 is 0.419 bits per heavy atom. The van der Waals surface area contributed by atoms with E-state index in [4.69, 9.17) is 4.74 Å². The fourth-order valence-corrected chi connectivity index (χ4v) is 6.31. The van der Waals surface area contributed by atoms with Gasteiger partial charge in [0.15, 0.2) is 0 Å². The van der Waals surface area contributed by atoms with Gasteiger partial charge in [0.25, 0.3) is 0 Å². The highest BCUT2D eigenvalue weighted by atomic mass is 16.5. The summed E-state index contributed by atoms with van der Waals surface area (Å²) in [6.07, 6.45) is 3.66. The Labute approximate surface area is 365 Å². The zero-order valence-corrected chi connectivity index (χ0v) is 35.7. The minimum atomic E-state index is -0.360. The summed E-state index contributed by atoms with van der Waals surface area (Å²) in [5, 5.41) is 11.0. The molecule has 0 spiro atoms. The Bertz CT molecular complexity index is 2370. The zero-order chi connectivity index (χ0) is 43.9. The van der Waals surface area contributed by atoms with E-state index in [9.17, 15) is 19.2 Å². The van der Waals surface area contributed by atoms with Gasteiger partial charge in [-0.2, -0.15) is 0 Å². The molecular weight excluding hydrogens is 771 g/mol. The molecule has 316 valence electrons. The first-order chi connectivity index (χ1) is 30.1. The third kappa shape index (κ3) is 16.4. The van der Waals surface area contributed by atoms with Gasteiger partial charge in [-0.3, -0.25) is 14.4 Å². The van der Waals surface area contributed by atoms with Gasteiger partial charge < -0.3 is 20.7 Å². The monoisotopic (exact) mass is 825 g/mol. The smallest absolute Gasteiger partial charge is 0.338 e. The van der Waals surface area contributed by atoms with Crippen LogP contribution in [-0.2, 0) is 38.4 Å². The maximum atomic E-state index is 12.2. The molecule has 0 radical (unpaired) electrons. The van der Waals surface area contributed by atoms with Crippen LogP contribution in [-0.4, -0.2) is 30.3 Å². The second-order valence-electron chi connectivity index (χ2n) is 14.8. The minimum Gasteiger partial charge on any atom is -0.462 e. The number of hydrogen-bond donors (Lipinski definition) is 3. The molecule has 0 aliphatic heterocycles. The summed E-state index contributed by atoms with van der Waals surface area (Å²) in [5.41, 5.74) is 8.76. The van der Waals surface area contributed by atoms with Gasteiger partial charge in [0.1, 0.15) is 0 Å². The van der Waals surface area contributed by atoms with E-state index in [1.54, 1.807) is 31.2 Å². The lowest BCUT2D eigenvalue weighted by molar-refractivity contribution is -0.117. The number of ether oxygens (including phenoxy) is 1. The van der Waals surface area contributed by atoms with E-state index in [0.29, 0.717) is 43.5 Å². The van der Waals surface area contributed by atoms with E-state index >= 15 is 0 Å². The summed E-state index contributed by atoms with van der Waals surface area (Å²) in [6.45, 7) is 6.16. The molecule has 0 saturated heterocycles. The van der Waals surface area contributed by atoms with Crippen molar-refractivity contribution < 1.29 is 23.9 Å². The number of fused-ring (bicyclic) bond motifs is 1. The Hall–Kier alpha value is -7.32. The Morgan fingerprint density at radius 3 is 1.24 bits per heavy atom. The largest absolute Gasteiger partial charge is 0.462 e. The van der Waals surface area contributed by atoms with Gasteiger partial charge >= 0.3 is 5.97 Å². The molecule has 8 heteroatoms. The van der Waals surface area contributed by atoms with E-state index in [1.807, 2.05) is 135 Å². The van der Waals surface area contributed by atoms with Crippen LogP contribution in [0.25, 0.3) is 10.8 Å². The van der Waals surface area contributed by atoms with Crippen LogP contribution >= 0.6 is 0 Å². The number of carbonyl (C=O) groups excluding carboxylic acids is 4. The van der Waals surface area contributed by atoms with Crippen LogP contribution in [0.3, 0.4) is 0 Å². The number of hydrogen-bond acceptors (Lipinski definition) is 5. The van der Waals surface area contributed by atoms with Gasteiger partial charge in [0.05, 0.1) is 12.2 Å². The molecule has 8 nitrogen and oxygen atoms in total. The predicted molar refractivity (Wildman–Crippen MR) is 252 cm³/mol. The lowest BCUT2D eigenvalue weighted by Crippen LogP contribution is -2.12. The SMILES string of the molecule is CCOC(=O)c1ccc(NC(=O)CCc2ccc3ccccc3c2)cc1.Cc1ccc(NC(=O)CCc2ccccc2)cc1.Cc1ccc(NC(=O)CCc2ccccc2)cc1. The molecule has 0 heterocycles. The molecule has 62 heavy (non-hydrogen) atoms. The number of benzene rings is 7. The first-order valence-electron chi connectivity index (χ1n) is 21.0. The molecule has 7 aromatic carbocycles. The summed E-state index contributed by atoms with van der Waals surface area (Å²) < 4.78 is 4.94. The van der Waals surface area contributed by atoms with Crippen molar-refractivity contribution in [2.75, 3.05) is 22.6 Å². The summed E-state index contributed by atoms with van der Waals surface area (Å²) in [4.78, 5) is 47.3. The van der Waals surface area contributed by atoms with Crippen molar-refractivity contribution in [2.45, 2.75) is 59.3 Å². The quantitative estimate of drug-likeness (QED) is 0.0945. The van der Waals surface area contributed by atoms with Crippen LogP contribution in [0.1, 0.15) is 64.4 Å². The van der Waals surface area contributed by atoms with E-state index in [2.05, 4.69) is 46.3 Å². The molecule has 0 aliphatic rings. The van der Waals surface area contributed by atoms with E-state index in [1.165, 1.54) is 33.0 Å². The Kier molecular flexibility index (Phi) is 18.2. The van der Waals surface area contributed by atoms with Crippen LogP contribution in [0.2, 0.25) is 0 Å². The molecule has 0 fully saturated rings. The summed E-state index contributed by atoms with van der Waals surface area (Å²) in [6, 6.07) is 56.9. The number of amides is 3. The van der Waals surface area contributed by atoms with Gasteiger partial charge in [0, 0.05) is 36.3 Å². The zero-order valence-electron chi connectivity index (χ0n) is 35.7. The number of anilines is 3. The van der Waals surface area contributed by atoms with Crippen LogP contribution in [0.15, 0.2) is 176 Å². The molecule has 0 bridgehead atoms. The van der Waals surface area contributed by atoms with Crippen molar-refractivity contribution in [1.82, 2.24) is 0 Å². The van der Waals surface area contributed by atoms with Gasteiger partial charge in [-0.25, -0.2) is 4.79 Å². The number of nitrogens with one attached hydrogen (secondary N) is 3. The van der Waals surface area contributed by atoms with E-state index in [0.717, 1.165) is 29.8 Å². The first-order valence-corrected chi connectivity index (χ1v) is 21.0. The highest BCUT2D eigenvalue weighted by Gasteiger charge is 2.09. The molecule has 0 saturated carbocycles. The van der Waals surface area contributed by atoms with Gasteiger partial charge in [-0.15, -0.1) is 0 Å². The van der Waals surface area contributed by atoms with Crippen LogP contribution < -0.4 is 16.0 Å². The van der Waals surface area contributed by atoms with E-state index in [-0.39, 0.29) is 23.7 Å². The molecule has 7 rings (SSSR count). The maximum absolute atomic E-state index is 12.2. The molecule has 7 aromatic rings. The number of carbonyl (C=O) groups is 4. The summed E-state index contributed by atoms with van der Waals surface area (Å²) in [7, 11) is 0. The van der Waals surface area contributed by atoms with E-state index < -0.39 is 0 Å². The molecule has 3 N–H and O–H groups in total. The fourth-order valence-electron chi connectivity index (χ4n) is 6.31. The van der Waals surface area contributed by atoms with Crippen molar-refractivity contribution in [3.63, 3.8) is 0 Å². The normalized spacial score (nSPS) is 10.2. The Balaban J connectivity index is 0.000000181. The van der Waals surface area contributed by atoms with Crippen molar-refractivity contribution in [3.05, 3.63) is 209 Å². The van der Waals surface area contributed by atoms with Crippen LogP contribution in [0.4, 0.5) is 17.1 Å². The average Bonchev–Trinajstić information content (AvgIpc) is 3.30. The third-order valence-electron chi connectivity index (χ3n) is 9.77. The van der Waals surface area contributed by atoms with Crippen LogP contribution in [0, 0.1) is 13.8 Å². The average molecular weight is 826 g/mol.